The molecule has 0 spiro atoms. The van der Waals surface area contributed by atoms with E-state index in [1.54, 1.807) is 0 Å². The standard InChI is InChI=1S/C15H15N.H3N/c1-16(2)14-9-7-13(8-10-14)15-11-3-4-12(15)6-5-11;/h3-10,15H,1-2H3;1H3. The molecule has 0 fully saturated rings. The maximum Gasteiger partial charge on any atom is 0.0361 e. The first kappa shape index (κ1) is 11.7. The van der Waals surface area contributed by atoms with Crippen LogP contribution in [0.5, 0.6) is 0 Å². The van der Waals surface area contributed by atoms with Gasteiger partial charge in [-0.15, -0.1) is 0 Å². The average molecular weight is 226 g/mol. The highest BCUT2D eigenvalue weighted by Crippen LogP contribution is 2.42. The van der Waals surface area contributed by atoms with Crippen LogP contribution in [0.15, 0.2) is 59.7 Å². The third-order valence-electron chi connectivity index (χ3n) is 3.35. The molecule has 0 unspecified atom stereocenters. The predicted molar refractivity (Wildman–Crippen MR) is 73.8 cm³/mol. The molecule has 0 atom stereocenters. The van der Waals surface area contributed by atoms with E-state index >= 15 is 0 Å². The molecule has 2 aliphatic carbocycles. The SMILES string of the molecule is CN(C)c1ccc(C2C3=CC=C2C=C3)cc1.N. The van der Waals surface area contributed by atoms with Gasteiger partial charge in [0.25, 0.3) is 0 Å². The Morgan fingerprint density at radius 3 is 1.82 bits per heavy atom. The molecule has 0 aliphatic heterocycles. The van der Waals surface area contributed by atoms with Gasteiger partial charge in [0.15, 0.2) is 0 Å². The molecule has 0 saturated carbocycles. The lowest BCUT2D eigenvalue weighted by Crippen LogP contribution is -2.08. The first-order chi connectivity index (χ1) is 7.75. The van der Waals surface area contributed by atoms with E-state index in [1.165, 1.54) is 22.4 Å². The summed E-state index contributed by atoms with van der Waals surface area (Å²) in [5, 5.41) is 0. The Balaban J connectivity index is 0.00000108. The van der Waals surface area contributed by atoms with Crippen LogP contribution >= 0.6 is 0 Å². The first-order valence-corrected chi connectivity index (χ1v) is 5.63. The molecule has 1 aromatic carbocycles. The average Bonchev–Trinajstić information content (AvgIpc) is 2.88. The van der Waals surface area contributed by atoms with Gasteiger partial charge in [-0.2, -0.15) is 0 Å². The summed E-state index contributed by atoms with van der Waals surface area (Å²) >= 11 is 0. The minimum Gasteiger partial charge on any atom is -0.378 e. The minimum absolute atomic E-state index is 0. The third kappa shape index (κ3) is 1.81. The molecular weight excluding hydrogens is 208 g/mol. The van der Waals surface area contributed by atoms with Crippen LogP contribution in [0.4, 0.5) is 5.69 Å². The Kier molecular flexibility index (Phi) is 2.90. The summed E-state index contributed by atoms with van der Waals surface area (Å²) in [5.74, 6) is 0.496. The van der Waals surface area contributed by atoms with Gasteiger partial charge in [0.05, 0.1) is 0 Å². The van der Waals surface area contributed by atoms with Crippen molar-refractivity contribution in [2.75, 3.05) is 19.0 Å². The fourth-order valence-electron chi connectivity index (χ4n) is 2.42. The van der Waals surface area contributed by atoms with Gasteiger partial charge in [0.2, 0.25) is 0 Å². The summed E-state index contributed by atoms with van der Waals surface area (Å²) in [6.45, 7) is 0. The molecule has 0 aromatic heterocycles. The number of benzene rings is 1. The number of hydrogen-bond donors (Lipinski definition) is 1. The summed E-state index contributed by atoms with van der Waals surface area (Å²) in [6, 6.07) is 8.85. The maximum atomic E-state index is 2.24. The van der Waals surface area contributed by atoms with Crippen LogP contribution in [-0.2, 0) is 0 Å². The lowest BCUT2D eigenvalue weighted by atomic mass is 9.93. The van der Waals surface area contributed by atoms with Gasteiger partial charge in [-0.25, -0.2) is 0 Å². The Bertz CT molecular complexity index is 482. The molecule has 0 amide bonds. The fraction of sp³-hybridized carbons (Fsp3) is 0.200. The summed E-state index contributed by atoms with van der Waals surface area (Å²) in [7, 11) is 4.14. The molecule has 17 heavy (non-hydrogen) atoms. The van der Waals surface area contributed by atoms with E-state index in [2.05, 4.69) is 67.6 Å². The topological polar surface area (TPSA) is 38.2 Å². The smallest absolute Gasteiger partial charge is 0.0361 e. The van der Waals surface area contributed by atoms with Gasteiger partial charge >= 0.3 is 0 Å². The van der Waals surface area contributed by atoms with Gasteiger partial charge in [0, 0.05) is 25.7 Å². The second-order valence-corrected chi connectivity index (χ2v) is 4.59. The maximum absolute atomic E-state index is 2.24. The zero-order chi connectivity index (χ0) is 11.1. The van der Waals surface area contributed by atoms with Crippen molar-refractivity contribution < 1.29 is 0 Å². The molecule has 2 heteroatoms. The molecule has 0 saturated heterocycles. The van der Waals surface area contributed by atoms with Gasteiger partial charge in [0.1, 0.15) is 0 Å². The first-order valence-electron chi connectivity index (χ1n) is 5.63. The third-order valence-corrected chi connectivity index (χ3v) is 3.35. The van der Waals surface area contributed by atoms with E-state index in [4.69, 9.17) is 0 Å². The van der Waals surface area contributed by atoms with Gasteiger partial charge < -0.3 is 11.1 Å². The normalized spacial score (nSPS) is 16.6. The van der Waals surface area contributed by atoms with E-state index in [0.717, 1.165) is 0 Å². The number of hydrogen-bond acceptors (Lipinski definition) is 2. The van der Waals surface area contributed by atoms with E-state index in [9.17, 15) is 0 Å². The van der Waals surface area contributed by atoms with Crippen molar-refractivity contribution in [1.29, 1.82) is 0 Å². The van der Waals surface area contributed by atoms with Crippen molar-refractivity contribution in [1.82, 2.24) is 6.15 Å². The van der Waals surface area contributed by atoms with Crippen LogP contribution in [-0.4, -0.2) is 14.1 Å². The summed E-state index contributed by atoms with van der Waals surface area (Å²) in [6.07, 6.45) is 8.89. The molecule has 2 aliphatic rings. The van der Waals surface area contributed by atoms with Crippen LogP contribution in [0.2, 0.25) is 0 Å². The Labute approximate surface area is 103 Å². The molecule has 0 radical (unpaired) electrons. The summed E-state index contributed by atoms with van der Waals surface area (Å²) in [4.78, 5) is 2.13. The molecule has 3 rings (SSSR count). The molecule has 1 aromatic rings. The van der Waals surface area contributed by atoms with Crippen molar-refractivity contribution in [2.24, 2.45) is 0 Å². The number of allylic oxidation sites excluding steroid dienone is 6. The Morgan fingerprint density at radius 2 is 1.41 bits per heavy atom. The van der Waals surface area contributed by atoms with Crippen LogP contribution in [0, 0.1) is 0 Å². The van der Waals surface area contributed by atoms with Crippen molar-refractivity contribution >= 4 is 5.69 Å². The second-order valence-electron chi connectivity index (χ2n) is 4.59. The molecule has 0 heterocycles. The van der Waals surface area contributed by atoms with E-state index in [1.807, 2.05) is 0 Å². The summed E-state index contributed by atoms with van der Waals surface area (Å²) in [5.41, 5.74) is 5.50. The molecular formula is C15H18N2. The van der Waals surface area contributed by atoms with Gasteiger partial charge in [-0.1, -0.05) is 36.4 Å². The largest absolute Gasteiger partial charge is 0.378 e. The van der Waals surface area contributed by atoms with Crippen molar-refractivity contribution in [3.8, 4) is 0 Å². The highest BCUT2D eigenvalue weighted by atomic mass is 15.1. The minimum atomic E-state index is 0. The molecule has 88 valence electrons. The zero-order valence-corrected chi connectivity index (χ0v) is 10.4. The quantitative estimate of drug-likeness (QED) is 0.839. The highest BCUT2D eigenvalue weighted by molar-refractivity contribution is 5.61. The predicted octanol–water partition coefficient (Wildman–Crippen LogP) is 3.43. The van der Waals surface area contributed by atoms with Crippen LogP contribution in [0.1, 0.15) is 11.5 Å². The van der Waals surface area contributed by atoms with E-state index in [-0.39, 0.29) is 6.15 Å². The number of nitrogens with zero attached hydrogens (tertiary/aromatic N) is 1. The lowest BCUT2D eigenvalue weighted by molar-refractivity contribution is 1.03. The monoisotopic (exact) mass is 226 g/mol. The lowest BCUT2D eigenvalue weighted by Gasteiger charge is -2.15. The molecule has 3 N–H and O–H groups in total. The van der Waals surface area contributed by atoms with Gasteiger partial charge in [-0.3, -0.25) is 0 Å². The summed E-state index contributed by atoms with van der Waals surface area (Å²) < 4.78 is 0. The van der Waals surface area contributed by atoms with Crippen molar-refractivity contribution in [3.63, 3.8) is 0 Å². The number of rotatable bonds is 2. The number of anilines is 1. The van der Waals surface area contributed by atoms with Crippen molar-refractivity contribution in [2.45, 2.75) is 5.92 Å². The van der Waals surface area contributed by atoms with Crippen LogP contribution < -0.4 is 11.1 Å². The van der Waals surface area contributed by atoms with Crippen LogP contribution in [0.25, 0.3) is 0 Å². The second kappa shape index (κ2) is 4.22. The number of fused-ring (bicyclic) bond motifs is 2. The van der Waals surface area contributed by atoms with Crippen LogP contribution in [0.3, 0.4) is 0 Å². The molecule has 2 bridgehead atoms. The Hall–Kier alpha value is -1.80. The van der Waals surface area contributed by atoms with Gasteiger partial charge in [-0.05, 0) is 28.8 Å². The van der Waals surface area contributed by atoms with Crippen molar-refractivity contribution in [3.05, 3.63) is 65.3 Å². The van der Waals surface area contributed by atoms with E-state index in [0.29, 0.717) is 5.92 Å². The highest BCUT2D eigenvalue weighted by Gasteiger charge is 2.25. The van der Waals surface area contributed by atoms with E-state index < -0.39 is 0 Å². The Morgan fingerprint density at radius 1 is 0.882 bits per heavy atom. The zero-order valence-electron chi connectivity index (χ0n) is 10.4. The fourth-order valence-corrected chi connectivity index (χ4v) is 2.42. The molecule has 2 nitrogen and oxygen atoms in total.